The van der Waals surface area contributed by atoms with Crippen LogP contribution in [0.2, 0.25) is 10.0 Å². The van der Waals surface area contributed by atoms with Gasteiger partial charge in [-0.1, -0.05) is 41.4 Å². The monoisotopic (exact) mass is 652 g/mol. The molecule has 1 fully saturated rings. The first-order valence-corrected chi connectivity index (χ1v) is 13.9. The van der Waals surface area contributed by atoms with Gasteiger partial charge >= 0.3 is 0 Å². The highest BCUT2D eigenvalue weighted by Crippen LogP contribution is 2.40. The second kappa shape index (κ2) is 12.9. The Balaban J connectivity index is 1.51. The van der Waals surface area contributed by atoms with Crippen molar-refractivity contribution >= 4 is 79.7 Å². The maximum absolute atomic E-state index is 14.2. The van der Waals surface area contributed by atoms with E-state index in [9.17, 15) is 18.8 Å². The van der Waals surface area contributed by atoms with Crippen LogP contribution >= 0.6 is 50.9 Å². The second-order valence-electron chi connectivity index (χ2n) is 8.05. The summed E-state index contributed by atoms with van der Waals surface area (Å²) in [4.78, 5) is 39.1. The number of rotatable bonds is 9. The average Bonchev–Trinajstić information content (AvgIpc) is 3.14. The molecule has 0 atom stereocenters. The van der Waals surface area contributed by atoms with Crippen LogP contribution in [0.5, 0.6) is 11.5 Å². The van der Waals surface area contributed by atoms with E-state index in [1.54, 1.807) is 43.3 Å². The number of imide groups is 1. The van der Waals surface area contributed by atoms with Gasteiger partial charge in [-0.2, -0.15) is 0 Å². The second-order valence-corrected chi connectivity index (χ2v) is 10.7. The summed E-state index contributed by atoms with van der Waals surface area (Å²) < 4.78 is 26.1. The molecular weight excluding hydrogens is 634 g/mol. The number of benzene rings is 3. The summed E-state index contributed by atoms with van der Waals surface area (Å²) in [6.07, 6.45) is 1.52. The number of amides is 3. The Bertz CT molecular complexity index is 1470. The zero-order chi connectivity index (χ0) is 28.1. The first-order chi connectivity index (χ1) is 18.7. The van der Waals surface area contributed by atoms with Gasteiger partial charge in [0.1, 0.15) is 5.82 Å². The Morgan fingerprint density at radius 2 is 1.85 bits per heavy atom. The highest BCUT2D eigenvalue weighted by molar-refractivity contribution is 9.10. The molecule has 4 rings (SSSR count). The summed E-state index contributed by atoms with van der Waals surface area (Å²) in [6.45, 7) is 1.48. The number of carbonyl (C=O) groups excluding carboxylic acids is 3. The first kappa shape index (κ1) is 28.9. The lowest BCUT2D eigenvalue weighted by molar-refractivity contribution is -0.123. The topological polar surface area (TPSA) is 84.9 Å². The number of carbonyl (C=O) groups is 3. The Morgan fingerprint density at radius 1 is 1.10 bits per heavy atom. The van der Waals surface area contributed by atoms with Crippen molar-refractivity contribution < 1.29 is 28.2 Å². The van der Waals surface area contributed by atoms with Gasteiger partial charge in [0, 0.05) is 10.6 Å². The van der Waals surface area contributed by atoms with E-state index >= 15 is 0 Å². The molecule has 0 radical (unpaired) electrons. The van der Waals surface area contributed by atoms with E-state index in [0.717, 1.165) is 16.7 Å². The molecule has 0 unspecified atom stereocenters. The molecule has 1 heterocycles. The van der Waals surface area contributed by atoms with Crippen LogP contribution in [0.25, 0.3) is 6.08 Å². The molecule has 3 amide bonds. The van der Waals surface area contributed by atoms with Gasteiger partial charge in [-0.25, -0.2) is 4.39 Å². The third kappa shape index (κ3) is 6.94. The minimum absolute atomic E-state index is 0.0594. The quantitative estimate of drug-likeness (QED) is 0.240. The fourth-order valence-electron chi connectivity index (χ4n) is 3.59. The van der Waals surface area contributed by atoms with Crippen molar-refractivity contribution in [2.45, 2.75) is 13.5 Å². The van der Waals surface area contributed by atoms with Gasteiger partial charge < -0.3 is 14.8 Å². The van der Waals surface area contributed by atoms with Gasteiger partial charge in [0.15, 0.2) is 18.1 Å². The number of hydrogen-bond acceptors (Lipinski definition) is 6. The van der Waals surface area contributed by atoms with Crippen molar-refractivity contribution in [2.75, 3.05) is 18.5 Å². The number of para-hydroxylation sites is 1. The molecule has 0 aliphatic carbocycles. The molecule has 0 spiro atoms. The fraction of sp³-hybridized carbons (Fsp3) is 0.148. The van der Waals surface area contributed by atoms with Crippen molar-refractivity contribution in [2.24, 2.45) is 0 Å². The van der Waals surface area contributed by atoms with Crippen LogP contribution in [-0.4, -0.2) is 35.2 Å². The molecule has 7 nitrogen and oxygen atoms in total. The minimum atomic E-state index is -0.605. The maximum atomic E-state index is 14.2. The van der Waals surface area contributed by atoms with Crippen molar-refractivity contribution in [3.63, 3.8) is 0 Å². The summed E-state index contributed by atoms with van der Waals surface area (Å²) in [6, 6.07) is 14.3. The molecule has 1 aliphatic rings. The van der Waals surface area contributed by atoms with Crippen LogP contribution in [0.3, 0.4) is 0 Å². The Labute approximate surface area is 246 Å². The molecule has 0 aromatic heterocycles. The maximum Gasteiger partial charge on any atom is 0.293 e. The lowest BCUT2D eigenvalue weighted by Gasteiger charge is -2.15. The molecule has 0 saturated carbocycles. The molecule has 202 valence electrons. The summed E-state index contributed by atoms with van der Waals surface area (Å²) in [7, 11) is 0. The van der Waals surface area contributed by atoms with E-state index < -0.39 is 22.9 Å². The number of ether oxygens (including phenoxy) is 2. The molecule has 3 aromatic rings. The van der Waals surface area contributed by atoms with Gasteiger partial charge in [0.05, 0.1) is 33.2 Å². The molecule has 39 heavy (non-hydrogen) atoms. The van der Waals surface area contributed by atoms with Gasteiger partial charge in [-0.3, -0.25) is 19.3 Å². The lowest BCUT2D eigenvalue weighted by Crippen LogP contribution is -2.28. The van der Waals surface area contributed by atoms with Crippen LogP contribution in [0.15, 0.2) is 64.0 Å². The predicted octanol–water partition coefficient (Wildman–Crippen LogP) is 7.55. The van der Waals surface area contributed by atoms with Crippen LogP contribution in [-0.2, 0) is 16.1 Å². The Kier molecular flexibility index (Phi) is 9.55. The Hall–Kier alpha value is -3.05. The Morgan fingerprint density at radius 3 is 2.56 bits per heavy atom. The third-order valence-corrected chi connectivity index (χ3v) is 7.56. The van der Waals surface area contributed by atoms with Crippen LogP contribution in [0.4, 0.5) is 14.9 Å². The van der Waals surface area contributed by atoms with E-state index in [1.807, 2.05) is 0 Å². The van der Waals surface area contributed by atoms with Gasteiger partial charge in [-0.05, 0) is 82.7 Å². The number of halogens is 4. The first-order valence-electron chi connectivity index (χ1n) is 11.5. The van der Waals surface area contributed by atoms with Crippen molar-refractivity contribution in [1.82, 2.24) is 4.90 Å². The van der Waals surface area contributed by atoms with E-state index in [2.05, 4.69) is 21.2 Å². The fourth-order valence-corrected chi connectivity index (χ4v) is 5.41. The molecule has 3 aromatic carbocycles. The SMILES string of the molecule is CCOc1cc(/C=C2\SC(=O)N(Cc3c(F)cccc3Cl)C2=O)cc(Br)c1OCC(=O)Nc1ccccc1Cl. The standard InChI is InChI=1S/C27H20BrCl2FN2O5S/c1-2-37-22-11-15(10-17(28)25(22)38-14-24(34)32-21-9-4-3-6-19(21)30)12-23-26(35)33(27(36)39-23)13-16-18(29)7-5-8-20(16)31/h3-12H,2,13-14H2,1H3,(H,32,34)/b23-12-. The largest absolute Gasteiger partial charge is 0.490 e. The van der Waals surface area contributed by atoms with Gasteiger partial charge in [0.25, 0.3) is 17.1 Å². The number of hydrogen-bond donors (Lipinski definition) is 1. The van der Waals surface area contributed by atoms with E-state index in [1.165, 1.54) is 24.3 Å². The summed E-state index contributed by atoms with van der Waals surface area (Å²) in [5.41, 5.74) is 1.05. The predicted molar refractivity (Wildman–Crippen MR) is 154 cm³/mol. The van der Waals surface area contributed by atoms with Crippen molar-refractivity contribution in [3.8, 4) is 11.5 Å². The van der Waals surface area contributed by atoms with Crippen molar-refractivity contribution in [1.29, 1.82) is 0 Å². The third-order valence-electron chi connectivity index (χ3n) is 5.38. The summed E-state index contributed by atoms with van der Waals surface area (Å²) >= 11 is 16.3. The zero-order valence-electron chi connectivity index (χ0n) is 20.3. The number of thioether (sulfide) groups is 1. The lowest BCUT2D eigenvalue weighted by atomic mass is 10.1. The minimum Gasteiger partial charge on any atom is -0.490 e. The van der Waals surface area contributed by atoms with Crippen LogP contribution in [0, 0.1) is 5.82 Å². The molecule has 1 aliphatic heterocycles. The molecule has 1 saturated heterocycles. The normalized spacial score (nSPS) is 14.2. The van der Waals surface area contributed by atoms with Gasteiger partial charge in [0.2, 0.25) is 0 Å². The zero-order valence-corrected chi connectivity index (χ0v) is 24.2. The molecule has 0 bridgehead atoms. The van der Waals surface area contributed by atoms with E-state index in [4.69, 9.17) is 32.7 Å². The van der Waals surface area contributed by atoms with Crippen LogP contribution < -0.4 is 14.8 Å². The highest BCUT2D eigenvalue weighted by Gasteiger charge is 2.36. The number of nitrogens with one attached hydrogen (secondary N) is 1. The summed E-state index contributed by atoms with van der Waals surface area (Å²) in [5.74, 6) is -1.00. The van der Waals surface area contributed by atoms with Crippen LogP contribution in [0.1, 0.15) is 18.1 Å². The molecule has 1 N–H and O–H groups in total. The van der Waals surface area contributed by atoms with E-state index in [-0.39, 0.29) is 34.4 Å². The molecule has 12 heteroatoms. The number of anilines is 1. The van der Waals surface area contributed by atoms with Crippen molar-refractivity contribution in [3.05, 3.63) is 91.0 Å². The molecular formula is C27H20BrCl2FN2O5S. The average molecular weight is 654 g/mol. The smallest absolute Gasteiger partial charge is 0.293 e. The summed E-state index contributed by atoms with van der Waals surface area (Å²) in [5, 5.41) is 2.66. The van der Waals surface area contributed by atoms with E-state index in [0.29, 0.717) is 33.1 Å². The highest BCUT2D eigenvalue weighted by atomic mass is 79.9. The number of nitrogens with zero attached hydrogens (tertiary/aromatic N) is 1. The van der Waals surface area contributed by atoms with Gasteiger partial charge in [-0.15, -0.1) is 0 Å².